The van der Waals surface area contributed by atoms with Crippen LogP contribution in [0.2, 0.25) is 0 Å². The topological polar surface area (TPSA) is 77.8 Å². The Kier molecular flexibility index (Phi) is 7.75. The molecule has 0 atom stereocenters. The first kappa shape index (κ1) is 13.3. The third-order valence-electron chi connectivity index (χ3n) is 0.810. The average Bonchev–Trinajstić information content (AvgIpc) is 1.58. The Morgan fingerprint density at radius 3 is 1.64 bits per heavy atom. The van der Waals surface area contributed by atoms with E-state index in [1.54, 1.807) is 0 Å². The Labute approximate surface area is 80.9 Å². The van der Waals surface area contributed by atoms with Crippen molar-refractivity contribution in [1.82, 2.24) is 4.90 Å². The van der Waals surface area contributed by atoms with E-state index in [1.807, 2.05) is 0 Å². The Bertz CT molecular complexity index is 133. The second-order valence-electron chi connectivity index (χ2n) is 1.96. The predicted octanol–water partition coefficient (Wildman–Crippen LogP) is -1.29. The Morgan fingerprint density at radius 2 is 1.45 bits per heavy atom. The Balaban J connectivity index is 0. The molecule has 0 saturated heterocycles. The molecule has 0 rings (SSSR count). The van der Waals surface area contributed by atoms with Crippen LogP contribution in [0.3, 0.4) is 0 Å². The van der Waals surface area contributed by atoms with Crippen molar-refractivity contribution in [1.29, 1.82) is 0 Å². The van der Waals surface area contributed by atoms with Crippen molar-refractivity contribution in [3.8, 4) is 0 Å². The van der Waals surface area contributed by atoms with Crippen molar-refractivity contribution in [3.05, 3.63) is 0 Å². The standard InChI is InChI=1S/C5H9NO4.Sn/c1-6(2-4(7)8)3-5(9)10;/h2-3H2,1H3,(H,7,8)(H,9,10);. The molecule has 0 heterocycles. The normalized spacial score (nSPS) is 8.91. The zero-order valence-electron chi connectivity index (χ0n) is 6.07. The fourth-order valence-electron chi connectivity index (χ4n) is 0.518. The fourth-order valence-corrected chi connectivity index (χ4v) is 0.518. The number of likely N-dealkylation sites (N-methyl/N-ethyl adjacent to an activating group) is 1. The molecule has 11 heavy (non-hydrogen) atoms. The van der Waals surface area contributed by atoms with E-state index in [-0.39, 0.29) is 37.0 Å². The van der Waals surface area contributed by atoms with Crippen LogP contribution in [0.1, 0.15) is 0 Å². The van der Waals surface area contributed by atoms with Gasteiger partial charge in [-0.25, -0.2) is 0 Å². The van der Waals surface area contributed by atoms with Gasteiger partial charge in [0.25, 0.3) is 0 Å². The summed E-state index contributed by atoms with van der Waals surface area (Å²) in [6.45, 7) is -0.488. The molecular weight excluding hydrogens is 257 g/mol. The number of carboxylic acid groups (broad SMARTS) is 2. The van der Waals surface area contributed by atoms with Gasteiger partial charge in [-0.3, -0.25) is 14.5 Å². The molecule has 0 aromatic heterocycles. The number of hydrogen-bond donors (Lipinski definition) is 2. The van der Waals surface area contributed by atoms with E-state index in [4.69, 9.17) is 10.2 Å². The van der Waals surface area contributed by atoms with Crippen LogP contribution in [-0.4, -0.2) is 71.1 Å². The van der Waals surface area contributed by atoms with Crippen molar-refractivity contribution >= 4 is 35.8 Å². The van der Waals surface area contributed by atoms with Crippen LogP contribution in [0.15, 0.2) is 0 Å². The summed E-state index contributed by atoms with van der Waals surface area (Å²) in [5.74, 6) is -2.05. The zero-order valence-corrected chi connectivity index (χ0v) is 8.93. The molecule has 5 nitrogen and oxygen atoms in total. The van der Waals surface area contributed by atoms with Crippen LogP contribution in [0, 0.1) is 0 Å². The summed E-state index contributed by atoms with van der Waals surface area (Å²) in [6.07, 6.45) is 0. The van der Waals surface area contributed by atoms with Crippen molar-refractivity contribution in [3.63, 3.8) is 0 Å². The fraction of sp³-hybridized carbons (Fsp3) is 0.600. The molecule has 62 valence electrons. The number of nitrogens with zero attached hydrogens (tertiary/aromatic N) is 1. The van der Waals surface area contributed by atoms with Gasteiger partial charge in [-0.15, -0.1) is 0 Å². The minimum Gasteiger partial charge on any atom is -0.480 e. The molecule has 0 aliphatic rings. The maximum absolute atomic E-state index is 9.96. The molecule has 0 aromatic rings. The zero-order chi connectivity index (χ0) is 8.15. The van der Waals surface area contributed by atoms with Crippen LogP contribution in [0.5, 0.6) is 0 Å². The second kappa shape index (κ2) is 6.41. The van der Waals surface area contributed by atoms with Gasteiger partial charge in [0.05, 0.1) is 13.1 Å². The van der Waals surface area contributed by atoms with Crippen molar-refractivity contribution in [2.24, 2.45) is 0 Å². The Hall–Kier alpha value is -0.301. The minimum absolute atomic E-state index is 0. The number of carbonyl (C=O) groups is 2. The van der Waals surface area contributed by atoms with Crippen LogP contribution in [-0.2, 0) is 9.59 Å². The summed E-state index contributed by atoms with van der Waals surface area (Å²) < 4.78 is 0. The molecule has 0 aliphatic heterocycles. The van der Waals surface area contributed by atoms with E-state index >= 15 is 0 Å². The molecule has 0 saturated carbocycles. The molecule has 4 radical (unpaired) electrons. The third kappa shape index (κ3) is 9.70. The maximum Gasteiger partial charge on any atom is 0.317 e. The molecule has 0 bridgehead atoms. The Morgan fingerprint density at radius 1 is 1.18 bits per heavy atom. The molecule has 0 spiro atoms. The van der Waals surface area contributed by atoms with Crippen molar-refractivity contribution in [2.45, 2.75) is 0 Å². The van der Waals surface area contributed by atoms with Crippen LogP contribution in [0.25, 0.3) is 0 Å². The number of hydrogen-bond acceptors (Lipinski definition) is 3. The van der Waals surface area contributed by atoms with Gasteiger partial charge < -0.3 is 10.2 Å². The molecule has 6 heteroatoms. The molecule has 0 unspecified atom stereocenters. The van der Waals surface area contributed by atoms with Gasteiger partial charge in [0.2, 0.25) is 0 Å². The molecular formula is C5H9NO4Sn. The number of aliphatic carboxylic acids is 2. The third-order valence-corrected chi connectivity index (χ3v) is 0.810. The first-order chi connectivity index (χ1) is 4.52. The predicted molar refractivity (Wildman–Crippen MR) is 38.5 cm³/mol. The largest absolute Gasteiger partial charge is 0.480 e. The van der Waals surface area contributed by atoms with E-state index in [1.165, 1.54) is 11.9 Å². The molecule has 0 fully saturated rings. The van der Waals surface area contributed by atoms with Gasteiger partial charge in [-0.1, -0.05) is 0 Å². The summed E-state index contributed by atoms with van der Waals surface area (Å²) in [4.78, 5) is 21.1. The summed E-state index contributed by atoms with van der Waals surface area (Å²) in [7, 11) is 1.43. The van der Waals surface area contributed by atoms with E-state index in [2.05, 4.69) is 0 Å². The summed E-state index contributed by atoms with van der Waals surface area (Å²) in [5, 5.41) is 16.3. The molecule has 0 amide bonds. The number of rotatable bonds is 4. The SMILES string of the molecule is CN(CC(=O)O)CC(=O)O.[Sn]. The maximum atomic E-state index is 9.96. The summed E-state index contributed by atoms with van der Waals surface area (Å²) >= 11 is 0. The van der Waals surface area contributed by atoms with Gasteiger partial charge in [-0.2, -0.15) is 0 Å². The second-order valence-corrected chi connectivity index (χ2v) is 1.96. The van der Waals surface area contributed by atoms with Gasteiger partial charge in [-0.05, 0) is 7.05 Å². The smallest absolute Gasteiger partial charge is 0.317 e. The van der Waals surface area contributed by atoms with Gasteiger partial charge in [0.15, 0.2) is 0 Å². The van der Waals surface area contributed by atoms with E-state index in [0.29, 0.717) is 0 Å². The van der Waals surface area contributed by atoms with Crippen LogP contribution in [0.4, 0.5) is 0 Å². The average molecular weight is 266 g/mol. The van der Waals surface area contributed by atoms with Gasteiger partial charge in [0, 0.05) is 23.9 Å². The van der Waals surface area contributed by atoms with E-state index in [9.17, 15) is 9.59 Å². The molecule has 0 aliphatic carbocycles. The van der Waals surface area contributed by atoms with Crippen molar-refractivity contribution < 1.29 is 19.8 Å². The van der Waals surface area contributed by atoms with E-state index in [0.717, 1.165) is 0 Å². The monoisotopic (exact) mass is 267 g/mol. The van der Waals surface area contributed by atoms with Gasteiger partial charge in [0.1, 0.15) is 0 Å². The molecule has 2 N–H and O–H groups in total. The quantitative estimate of drug-likeness (QED) is 0.619. The number of carboxylic acids is 2. The van der Waals surface area contributed by atoms with Gasteiger partial charge >= 0.3 is 11.9 Å². The van der Waals surface area contributed by atoms with Crippen molar-refractivity contribution in [2.75, 3.05) is 20.1 Å². The minimum atomic E-state index is -1.02. The first-order valence-electron chi connectivity index (χ1n) is 2.64. The van der Waals surface area contributed by atoms with Crippen LogP contribution < -0.4 is 0 Å². The summed E-state index contributed by atoms with van der Waals surface area (Å²) in [5.41, 5.74) is 0. The first-order valence-corrected chi connectivity index (χ1v) is 2.64. The summed E-state index contributed by atoms with van der Waals surface area (Å²) in [6, 6.07) is 0. The van der Waals surface area contributed by atoms with Crippen LogP contribution >= 0.6 is 0 Å². The molecule has 0 aromatic carbocycles. The van der Waals surface area contributed by atoms with E-state index < -0.39 is 11.9 Å².